The Kier molecular flexibility index (Phi) is 7.11. The highest BCUT2D eigenvalue weighted by Crippen LogP contribution is 2.41. The van der Waals surface area contributed by atoms with E-state index < -0.39 is 11.5 Å². The number of rotatable bonds is 9. The molecule has 1 aliphatic rings. The van der Waals surface area contributed by atoms with Crippen molar-refractivity contribution in [3.8, 4) is 5.75 Å². The number of likely N-dealkylation sites (tertiary alicyclic amines) is 1. The van der Waals surface area contributed by atoms with Crippen molar-refractivity contribution in [1.29, 1.82) is 0 Å². The summed E-state index contributed by atoms with van der Waals surface area (Å²) in [6, 6.07) is 13.7. The minimum absolute atomic E-state index is 0.161. The number of hydrogen-bond acceptors (Lipinski definition) is 4. The standard InChI is InChI=1S/C25H30FNO4/c1-4-17(2)25(24(29)30,13-18-8-10-22(31-3)11-9-18)27-14-20(16-28)23(15-27)19-6-5-7-21(26)12-19/h5-12,16-17,20,23H,4,13-15H2,1-3H3,(H,29,30)/t17-,20+,23+,25+/m0/s1. The third-order valence-corrected chi connectivity index (χ3v) is 6.81. The minimum Gasteiger partial charge on any atom is -0.497 e. The van der Waals surface area contributed by atoms with Crippen LogP contribution in [0.3, 0.4) is 0 Å². The molecule has 1 saturated heterocycles. The maximum atomic E-state index is 13.8. The highest BCUT2D eigenvalue weighted by atomic mass is 19.1. The molecule has 1 heterocycles. The van der Waals surface area contributed by atoms with E-state index >= 15 is 0 Å². The first-order chi connectivity index (χ1) is 14.8. The normalized spacial score (nSPS) is 21.9. The van der Waals surface area contributed by atoms with Crippen molar-refractivity contribution >= 4 is 12.3 Å². The number of carbonyl (C=O) groups is 2. The van der Waals surface area contributed by atoms with Gasteiger partial charge >= 0.3 is 5.97 Å². The van der Waals surface area contributed by atoms with E-state index in [0.29, 0.717) is 31.7 Å². The summed E-state index contributed by atoms with van der Waals surface area (Å²) in [4.78, 5) is 26.7. The van der Waals surface area contributed by atoms with Gasteiger partial charge in [0.2, 0.25) is 0 Å². The molecule has 1 aliphatic heterocycles. The van der Waals surface area contributed by atoms with E-state index in [0.717, 1.165) is 17.4 Å². The molecule has 0 spiro atoms. The minimum atomic E-state index is -1.17. The lowest BCUT2D eigenvalue weighted by atomic mass is 9.77. The van der Waals surface area contributed by atoms with Gasteiger partial charge in [0.05, 0.1) is 7.11 Å². The van der Waals surface area contributed by atoms with Gasteiger partial charge in [-0.25, -0.2) is 4.39 Å². The van der Waals surface area contributed by atoms with Crippen molar-refractivity contribution in [1.82, 2.24) is 4.90 Å². The smallest absolute Gasteiger partial charge is 0.324 e. The number of carbonyl (C=O) groups excluding carboxylic acids is 1. The van der Waals surface area contributed by atoms with Gasteiger partial charge < -0.3 is 14.6 Å². The molecule has 2 aromatic carbocycles. The van der Waals surface area contributed by atoms with E-state index in [1.165, 1.54) is 12.1 Å². The monoisotopic (exact) mass is 427 g/mol. The number of aldehydes is 1. The Morgan fingerprint density at radius 3 is 2.55 bits per heavy atom. The van der Waals surface area contributed by atoms with Gasteiger partial charge in [0.25, 0.3) is 0 Å². The number of carboxylic acids is 1. The molecular weight excluding hydrogens is 397 g/mol. The number of aliphatic carboxylic acids is 1. The van der Waals surface area contributed by atoms with Crippen LogP contribution in [0.15, 0.2) is 48.5 Å². The van der Waals surface area contributed by atoms with Gasteiger partial charge in [0.1, 0.15) is 23.4 Å². The molecule has 5 nitrogen and oxygen atoms in total. The predicted octanol–water partition coefficient (Wildman–Crippen LogP) is 4.16. The lowest BCUT2D eigenvalue weighted by Crippen LogP contribution is -2.59. The molecule has 1 fully saturated rings. The molecule has 0 amide bonds. The Balaban J connectivity index is 2.00. The van der Waals surface area contributed by atoms with Crippen LogP contribution >= 0.6 is 0 Å². The van der Waals surface area contributed by atoms with E-state index in [9.17, 15) is 19.1 Å². The summed E-state index contributed by atoms with van der Waals surface area (Å²) in [6.45, 7) is 4.65. The number of halogens is 1. The van der Waals surface area contributed by atoms with Gasteiger partial charge in [-0.1, -0.05) is 44.5 Å². The van der Waals surface area contributed by atoms with Crippen LogP contribution in [0.25, 0.3) is 0 Å². The van der Waals surface area contributed by atoms with E-state index in [4.69, 9.17) is 4.74 Å². The van der Waals surface area contributed by atoms with Crippen molar-refractivity contribution in [3.63, 3.8) is 0 Å². The molecule has 0 saturated carbocycles. The second-order valence-corrected chi connectivity index (χ2v) is 8.43. The Morgan fingerprint density at radius 2 is 2.00 bits per heavy atom. The molecule has 4 atom stereocenters. The first-order valence-electron chi connectivity index (χ1n) is 10.7. The van der Waals surface area contributed by atoms with Crippen LogP contribution in [0.5, 0.6) is 5.75 Å². The molecule has 3 rings (SSSR count). The molecule has 0 radical (unpaired) electrons. The van der Waals surface area contributed by atoms with Gasteiger partial charge in [-0.3, -0.25) is 9.69 Å². The lowest BCUT2D eigenvalue weighted by Gasteiger charge is -2.43. The van der Waals surface area contributed by atoms with Gasteiger partial charge in [0.15, 0.2) is 0 Å². The lowest BCUT2D eigenvalue weighted by molar-refractivity contribution is -0.155. The zero-order valence-electron chi connectivity index (χ0n) is 18.3. The van der Waals surface area contributed by atoms with Gasteiger partial charge in [-0.05, 0) is 41.3 Å². The molecule has 1 N–H and O–H groups in total. The number of nitrogens with zero attached hydrogens (tertiary/aromatic N) is 1. The topological polar surface area (TPSA) is 66.8 Å². The predicted molar refractivity (Wildman–Crippen MR) is 117 cm³/mol. The third kappa shape index (κ3) is 4.49. The first kappa shape index (κ1) is 22.9. The van der Waals surface area contributed by atoms with E-state index in [1.54, 1.807) is 13.2 Å². The molecule has 0 aliphatic carbocycles. The van der Waals surface area contributed by atoms with E-state index in [1.807, 2.05) is 49.1 Å². The fourth-order valence-corrected chi connectivity index (χ4v) is 4.79. The first-order valence-corrected chi connectivity index (χ1v) is 10.7. The number of hydrogen-bond donors (Lipinski definition) is 1. The Hall–Kier alpha value is -2.73. The van der Waals surface area contributed by atoms with Crippen LogP contribution < -0.4 is 4.74 Å². The second kappa shape index (κ2) is 9.60. The van der Waals surface area contributed by atoms with E-state index in [-0.39, 0.29) is 23.6 Å². The average molecular weight is 428 g/mol. The Labute approximate surface area is 182 Å². The number of ether oxygens (including phenoxy) is 1. The summed E-state index contributed by atoms with van der Waals surface area (Å²) < 4.78 is 19.1. The maximum absolute atomic E-state index is 13.8. The number of carboxylic acid groups (broad SMARTS) is 1. The Morgan fingerprint density at radius 1 is 1.29 bits per heavy atom. The molecule has 31 heavy (non-hydrogen) atoms. The summed E-state index contributed by atoms with van der Waals surface area (Å²) in [5.41, 5.74) is 0.444. The summed E-state index contributed by atoms with van der Waals surface area (Å²) in [5, 5.41) is 10.5. The zero-order valence-corrected chi connectivity index (χ0v) is 18.3. The van der Waals surface area contributed by atoms with Crippen molar-refractivity contribution in [2.75, 3.05) is 20.2 Å². The Bertz CT molecular complexity index is 916. The molecule has 2 aromatic rings. The number of methoxy groups -OCH3 is 1. The molecule has 0 aromatic heterocycles. The molecular formula is C25H30FNO4. The van der Waals surface area contributed by atoms with Crippen molar-refractivity contribution < 1.29 is 23.8 Å². The van der Waals surface area contributed by atoms with Crippen LogP contribution in [0.4, 0.5) is 4.39 Å². The van der Waals surface area contributed by atoms with Crippen LogP contribution in [0.2, 0.25) is 0 Å². The highest BCUT2D eigenvalue weighted by Gasteiger charge is 2.52. The summed E-state index contributed by atoms with van der Waals surface area (Å²) in [7, 11) is 1.59. The van der Waals surface area contributed by atoms with Crippen molar-refractivity contribution in [2.24, 2.45) is 11.8 Å². The van der Waals surface area contributed by atoms with Gasteiger partial charge in [-0.15, -0.1) is 0 Å². The SMILES string of the molecule is CC[C@H](C)[C@](Cc1ccc(OC)cc1)(C(=O)O)N1C[C@H](c2cccc(F)c2)[C@@H](C=O)C1. The fraction of sp³-hybridized carbons (Fsp3) is 0.440. The highest BCUT2D eigenvalue weighted by molar-refractivity contribution is 5.80. The summed E-state index contributed by atoms with van der Waals surface area (Å²) in [6.07, 6.45) is 1.87. The van der Waals surface area contributed by atoms with E-state index in [2.05, 4.69) is 0 Å². The molecule has 166 valence electrons. The zero-order chi connectivity index (χ0) is 22.6. The van der Waals surface area contributed by atoms with Crippen LogP contribution in [-0.2, 0) is 16.0 Å². The maximum Gasteiger partial charge on any atom is 0.324 e. The van der Waals surface area contributed by atoms with Gasteiger partial charge in [0, 0.05) is 31.3 Å². The van der Waals surface area contributed by atoms with Gasteiger partial charge in [-0.2, -0.15) is 0 Å². The molecule has 0 unspecified atom stereocenters. The van der Waals surface area contributed by atoms with Crippen LogP contribution in [-0.4, -0.2) is 48.0 Å². The molecule has 6 heteroatoms. The largest absolute Gasteiger partial charge is 0.497 e. The molecule has 0 bridgehead atoms. The van der Waals surface area contributed by atoms with Crippen LogP contribution in [0.1, 0.15) is 37.3 Å². The van der Waals surface area contributed by atoms with Crippen molar-refractivity contribution in [3.05, 3.63) is 65.5 Å². The van der Waals surface area contributed by atoms with Crippen molar-refractivity contribution in [2.45, 2.75) is 38.1 Å². The van der Waals surface area contributed by atoms with Crippen LogP contribution in [0, 0.1) is 17.7 Å². The summed E-state index contributed by atoms with van der Waals surface area (Å²) in [5.74, 6) is -1.34. The fourth-order valence-electron chi connectivity index (χ4n) is 4.79. The average Bonchev–Trinajstić information content (AvgIpc) is 3.22. The summed E-state index contributed by atoms with van der Waals surface area (Å²) >= 11 is 0. The quantitative estimate of drug-likeness (QED) is 0.609. The third-order valence-electron chi connectivity index (χ3n) is 6.81. The number of benzene rings is 2. The second-order valence-electron chi connectivity index (χ2n) is 8.43.